The van der Waals surface area contributed by atoms with Crippen molar-refractivity contribution >= 4 is 17.8 Å². The van der Waals surface area contributed by atoms with E-state index in [0.29, 0.717) is 12.4 Å². The van der Waals surface area contributed by atoms with Gasteiger partial charge in [0.05, 0.1) is 19.2 Å². The van der Waals surface area contributed by atoms with E-state index in [1.807, 2.05) is 24.3 Å². The van der Waals surface area contributed by atoms with E-state index in [9.17, 15) is 9.59 Å². The number of fused-ring (bicyclic) bond motifs is 1. The molecule has 2 heterocycles. The summed E-state index contributed by atoms with van der Waals surface area (Å²) in [5.41, 5.74) is 1.85. The molecule has 1 aliphatic heterocycles. The molecule has 0 saturated heterocycles. The van der Waals surface area contributed by atoms with Crippen LogP contribution in [0, 0.1) is 0 Å². The van der Waals surface area contributed by atoms with E-state index in [-0.39, 0.29) is 18.5 Å². The van der Waals surface area contributed by atoms with Crippen molar-refractivity contribution in [3.05, 3.63) is 41.6 Å². The maximum absolute atomic E-state index is 12.5. The first kappa shape index (κ1) is 15.0. The van der Waals surface area contributed by atoms with E-state index in [1.165, 1.54) is 18.0 Å². The number of esters is 1. The molecule has 1 aromatic heterocycles. The summed E-state index contributed by atoms with van der Waals surface area (Å²) >= 11 is 0. The first-order valence-electron chi connectivity index (χ1n) is 7.16. The summed E-state index contributed by atoms with van der Waals surface area (Å²) < 4.78 is 6.34. The summed E-state index contributed by atoms with van der Waals surface area (Å²) in [7, 11) is 3.04. The number of hydrogen-bond donors (Lipinski definition) is 1. The molecule has 2 aromatic rings. The Morgan fingerprint density at radius 2 is 2.13 bits per heavy atom. The van der Waals surface area contributed by atoms with Crippen LogP contribution >= 0.6 is 0 Å². The highest BCUT2D eigenvalue weighted by Crippen LogP contribution is 2.29. The number of methoxy groups -OCH3 is 1. The zero-order chi connectivity index (χ0) is 16.4. The van der Waals surface area contributed by atoms with Gasteiger partial charge in [-0.05, 0) is 11.1 Å². The number of benzene rings is 1. The lowest BCUT2D eigenvalue weighted by atomic mass is 9.90. The molecule has 120 valence electrons. The summed E-state index contributed by atoms with van der Waals surface area (Å²) in [6, 6.07) is 7.28. The monoisotopic (exact) mass is 315 g/mol. The number of ether oxygens (including phenoxy) is 1. The number of aromatic nitrogens is 3. The number of urea groups is 1. The number of rotatable bonds is 2. The van der Waals surface area contributed by atoms with Crippen LogP contribution in [0.3, 0.4) is 0 Å². The first-order chi connectivity index (χ1) is 11.1. The van der Waals surface area contributed by atoms with Gasteiger partial charge >= 0.3 is 12.0 Å². The third-order valence-corrected chi connectivity index (χ3v) is 3.92. The number of nitrogens with zero attached hydrogens (tertiary/aromatic N) is 4. The van der Waals surface area contributed by atoms with Crippen LogP contribution in [0.5, 0.6) is 0 Å². The summed E-state index contributed by atoms with van der Waals surface area (Å²) in [5.74, 6) is -0.346. The molecule has 0 aliphatic carbocycles. The van der Waals surface area contributed by atoms with Gasteiger partial charge in [0, 0.05) is 20.1 Å². The van der Waals surface area contributed by atoms with E-state index in [4.69, 9.17) is 4.74 Å². The standard InChI is InChI=1S/C15H17N5O3/c1-19-13(7-16-18-19)17-15(22)20-8-10-5-3-4-6-11(10)12(9-20)14(21)23-2/h3-7,12H,8-9H2,1-2H3,(H,17,22). The molecule has 1 aromatic carbocycles. The Bertz CT molecular complexity index is 742. The van der Waals surface area contributed by atoms with E-state index < -0.39 is 5.92 Å². The third-order valence-electron chi connectivity index (χ3n) is 3.92. The molecule has 3 rings (SSSR count). The van der Waals surface area contributed by atoms with Gasteiger partial charge in [0.2, 0.25) is 0 Å². The van der Waals surface area contributed by atoms with Crippen molar-refractivity contribution in [3.8, 4) is 0 Å². The lowest BCUT2D eigenvalue weighted by Crippen LogP contribution is -2.43. The molecule has 0 fully saturated rings. The molecule has 1 aliphatic rings. The topological polar surface area (TPSA) is 89.3 Å². The third kappa shape index (κ3) is 2.87. The first-order valence-corrected chi connectivity index (χ1v) is 7.16. The molecule has 0 radical (unpaired) electrons. The van der Waals surface area contributed by atoms with Gasteiger partial charge in [-0.25, -0.2) is 9.48 Å². The molecule has 8 heteroatoms. The van der Waals surface area contributed by atoms with Crippen LogP contribution in [0.25, 0.3) is 0 Å². The van der Waals surface area contributed by atoms with Crippen molar-refractivity contribution in [3.63, 3.8) is 0 Å². The van der Waals surface area contributed by atoms with Crippen molar-refractivity contribution in [2.45, 2.75) is 12.5 Å². The smallest absolute Gasteiger partial charge is 0.323 e. The summed E-state index contributed by atoms with van der Waals surface area (Å²) in [6.07, 6.45) is 1.47. The number of nitrogens with one attached hydrogen (secondary N) is 1. The summed E-state index contributed by atoms with van der Waals surface area (Å²) in [5, 5.41) is 10.2. The Hall–Kier alpha value is -2.90. The highest BCUT2D eigenvalue weighted by Gasteiger charge is 2.33. The van der Waals surface area contributed by atoms with Crippen molar-refractivity contribution in [2.75, 3.05) is 19.0 Å². The van der Waals surface area contributed by atoms with Gasteiger partial charge in [-0.15, -0.1) is 5.10 Å². The minimum Gasteiger partial charge on any atom is -0.468 e. The largest absolute Gasteiger partial charge is 0.468 e. The maximum atomic E-state index is 12.5. The summed E-state index contributed by atoms with van der Waals surface area (Å²) in [4.78, 5) is 26.1. The Kier molecular flexibility index (Phi) is 3.96. The molecular formula is C15H17N5O3. The minimum absolute atomic E-state index is 0.265. The summed E-state index contributed by atoms with van der Waals surface area (Å²) in [6.45, 7) is 0.696. The fourth-order valence-corrected chi connectivity index (χ4v) is 2.70. The molecule has 0 spiro atoms. The number of carbonyl (C=O) groups is 2. The molecule has 23 heavy (non-hydrogen) atoms. The van der Waals surface area contributed by atoms with Crippen molar-refractivity contribution in [2.24, 2.45) is 7.05 Å². The van der Waals surface area contributed by atoms with Crippen molar-refractivity contribution in [1.82, 2.24) is 19.9 Å². The van der Waals surface area contributed by atoms with Gasteiger partial charge in [-0.2, -0.15) is 0 Å². The molecular weight excluding hydrogens is 298 g/mol. The lowest BCUT2D eigenvalue weighted by molar-refractivity contribution is -0.143. The van der Waals surface area contributed by atoms with Gasteiger partial charge < -0.3 is 9.64 Å². The van der Waals surface area contributed by atoms with Crippen LogP contribution in [0.4, 0.5) is 10.6 Å². The zero-order valence-electron chi connectivity index (χ0n) is 12.9. The maximum Gasteiger partial charge on any atom is 0.323 e. The van der Waals surface area contributed by atoms with Crippen LogP contribution in [0.1, 0.15) is 17.0 Å². The molecule has 8 nitrogen and oxygen atoms in total. The van der Waals surface area contributed by atoms with E-state index in [1.54, 1.807) is 11.9 Å². The highest BCUT2D eigenvalue weighted by atomic mass is 16.5. The fraction of sp³-hybridized carbons (Fsp3) is 0.333. The van der Waals surface area contributed by atoms with Crippen LogP contribution in [-0.4, -0.2) is 45.5 Å². The molecule has 1 N–H and O–H groups in total. The Morgan fingerprint density at radius 1 is 1.35 bits per heavy atom. The zero-order valence-corrected chi connectivity index (χ0v) is 12.9. The molecule has 1 atom stereocenters. The number of carbonyl (C=O) groups excluding carboxylic acids is 2. The van der Waals surface area contributed by atoms with E-state index in [0.717, 1.165) is 11.1 Å². The predicted octanol–water partition coefficient (Wildman–Crippen LogP) is 1.12. The number of anilines is 1. The fourth-order valence-electron chi connectivity index (χ4n) is 2.70. The average Bonchev–Trinajstić information content (AvgIpc) is 2.98. The van der Waals surface area contributed by atoms with E-state index in [2.05, 4.69) is 15.6 Å². The predicted molar refractivity (Wildman–Crippen MR) is 81.6 cm³/mol. The normalized spacial score (nSPS) is 16.6. The molecule has 0 bridgehead atoms. The molecule has 1 unspecified atom stereocenters. The molecule has 0 saturated carbocycles. The van der Waals surface area contributed by atoms with Crippen LogP contribution in [-0.2, 0) is 23.1 Å². The van der Waals surface area contributed by atoms with Crippen LogP contribution < -0.4 is 5.32 Å². The van der Waals surface area contributed by atoms with Gasteiger partial charge in [0.1, 0.15) is 0 Å². The number of aryl methyl sites for hydroxylation is 1. The van der Waals surface area contributed by atoms with Gasteiger partial charge in [0.15, 0.2) is 5.82 Å². The van der Waals surface area contributed by atoms with Crippen molar-refractivity contribution < 1.29 is 14.3 Å². The second kappa shape index (κ2) is 6.07. The average molecular weight is 315 g/mol. The second-order valence-corrected chi connectivity index (χ2v) is 5.33. The Labute approximate surface area is 133 Å². The van der Waals surface area contributed by atoms with Gasteiger partial charge in [-0.1, -0.05) is 29.5 Å². The quantitative estimate of drug-likeness (QED) is 0.839. The number of hydrogen-bond acceptors (Lipinski definition) is 5. The van der Waals surface area contributed by atoms with Gasteiger partial charge in [-0.3, -0.25) is 10.1 Å². The van der Waals surface area contributed by atoms with Crippen molar-refractivity contribution in [1.29, 1.82) is 0 Å². The van der Waals surface area contributed by atoms with Crippen LogP contribution in [0.15, 0.2) is 30.5 Å². The second-order valence-electron chi connectivity index (χ2n) is 5.33. The lowest BCUT2D eigenvalue weighted by Gasteiger charge is -2.33. The SMILES string of the molecule is COC(=O)C1CN(C(=O)Nc2cnnn2C)Cc2ccccc21. The Morgan fingerprint density at radius 3 is 2.83 bits per heavy atom. The molecule has 2 amide bonds. The van der Waals surface area contributed by atoms with E-state index >= 15 is 0 Å². The highest BCUT2D eigenvalue weighted by molar-refractivity contribution is 5.89. The van der Waals surface area contributed by atoms with Gasteiger partial charge in [0.25, 0.3) is 0 Å². The van der Waals surface area contributed by atoms with Crippen LogP contribution in [0.2, 0.25) is 0 Å². The Balaban J connectivity index is 1.83. The minimum atomic E-state index is -0.486. The number of amides is 2.